The van der Waals surface area contributed by atoms with Crippen molar-refractivity contribution in [1.82, 2.24) is 9.80 Å². The van der Waals surface area contributed by atoms with Gasteiger partial charge in [0.25, 0.3) is 5.91 Å². The van der Waals surface area contributed by atoms with Crippen LogP contribution < -0.4 is 20.7 Å². The van der Waals surface area contributed by atoms with Gasteiger partial charge < -0.3 is 35.6 Å². The standard InChI is InChI=1S/C30H34FN5O5/c1-19-16-36(20(2)18-37)28(38)25-15-24(33-29(39)32-23-11-9-21(31)10-12-23)13-14-26(25)41-27(19)17-35(3)30(40)34-22-7-5-4-6-8-22/h4-15,19-20,27,37H,16-18H2,1-3H3,(H,34,40)(H2,32,33,39)/t19-,20-,27+/m1/s1. The van der Waals surface area contributed by atoms with Gasteiger partial charge in [-0.3, -0.25) is 4.79 Å². The van der Waals surface area contributed by atoms with E-state index < -0.39 is 24.0 Å². The number of carbonyl (C=O) groups is 3. The summed E-state index contributed by atoms with van der Waals surface area (Å²) in [6, 6.07) is 17.8. The third-order valence-electron chi connectivity index (χ3n) is 6.85. The van der Waals surface area contributed by atoms with Gasteiger partial charge >= 0.3 is 12.1 Å². The summed E-state index contributed by atoms with van der Waals surface area (Å²) < 4.78 is 19.5. The Labute approximate surface area is 238 Å². The highest BCUT2D eigenvalue weighted by molar-refractivity contribution is 6.02. The number of rotatable bonds is 7. The molecule has 1 heterocycles. The topological polar surface area (TPSA) is 123 Å². The number of para-hydroxylation sites is 1. The Bertz CT molecular complexity index is 1370. The van der Waals surface area contributed by atoms with Crippen LogP contribution in [0.2, 0.25) is 0 Å². The Morgan fingerprint density at radius 2 is 1.66 bits per heavy atom. The van der Waals surface area contributed by atoms with Gasteiger partial charge in [0.1, 0.15) is 17.7 Å². The first-order valence-corrected chi connectivity index (χ1v) is 13.3. The molecule has 0 saturated heterocycles. The van der Waals surface area contributed by atoms with E-state index in [0.717, 1.165) is 0 Å². The van der Waals surface area contributed by atoms with E-state index >= 15 is 0 Å². The molecule has 0 aliphatic carbocycles. The maximum absolute atomic E-state index is 13.6. The number of aliphatic hydroxyl groups excluding tert-OH is 1. The van der Waals surface area contributed by atoms with Gasteiger partial charge in [0.05, 0.1) is 24.8 Å². The van der Waals surface area contributed by atoms with Crippen molar-refractivity contribution in [3.05, 3.63) is 84.2 Å². The Kier molecular flexibility index (Phi) is 9.41. The molecule has 3 aromatic rings. The van der Waals surface area contributed by atoms with Crippen molar-refractivity contribution in [1.29, 1.82) is 0 Å². The number of ether oxygens (including phenoxy) is 1. The lowest BCUT2D eigenvalue weighted by Crippen LogP contribution is -2.50. The van der Waals surface area contributed by atoms with E-state index in [1.807, 2.05) is 25.1 Å². The molecule has 216 valence electrons. The number of anilines is 3. The van der Waals surface area contributed by atoms with E-state index in [9.17, 15) is 23.9 Å². The molecule has 4 N–H and O–H groups in total. The minimum Gasteiger partial charge on any atom is -0.487 e. The molecule has 0 saturated carbocycles. The lowest BCUT2D eigenvalue weighted by Gasteiger charge is -2.38. The molecule has 41 heavy (non-hydrogen) atoms. The fourth-order valence-corrected chi connectivity index (χ4v) is 4.44. The fraction of sp³-hybridized carbons (Fsp3) is 0.300. The Balaban J connectivity index is 1.55. The first-order chi connectivity index (χ1) is 19.6. The van der Waals surface area contributed by atoms with E-state index in [1.165, 1.54) is 35.2 Å². The average molecular weight is 564 g/mol. The van der Waals surface area contributed by atoms with Gasteiger partial charge in [-0.05, 0) is 61.5 Å². The number of likely N-dealkylation sites (N-methyl/N-ethyl adjacent to an activating group) is 1. The zero-order valence-electron chi connectivity index (χ0n) is 23.1. The quantitative estimate of drug-likeness (QED) is 0.327. The second kappa shape index (κ2) is 13.1. The number of nitrogens with one attached hydrogen (secondary N) is 3. The molecule has 0 fully saturated rings. The predicted octanol–water partition coefficient (Wildman–Crippen LogP) is 4.85. The summed E-state index contributed by atoms with van der Waals surface area (Å²) in [6.07, 6.45) is -0.484. The predicted molar refractivity (Wildman–Crippen MR) is 155 cm³/mol. The summed E-state index contributed by atoms with van der Waals surface area (Å²) in [4.78, 5) is 42.1. The minimum absolute atomic E-state index is 0.188. The lowest BCUT2D eigenvalue weighted by molar-refractivity contribution is 0.0371. The number of amides is 5. The number of carbonyl (C=O) groups excluding carboxylic acids is 3. The number of benzene rings is 3. The monoisotopic (exact) mass is 563 g/mol. The zero-order valence-corrected chi connectivity index (χ0v) is 23.1. The first-order valence-electron chi connectivity index (χ1n) is 13.3. The van der Waals surface area contributed by atoms with Crippen LogP contribution >= 0.6 is 0 Å². The van der Waals surface area contributed by atoms with Crippen molar-refractivity contribution >= 4 is 35.0 Å². The molecule has 4 rings (SSSR count). The van der Waals surface area contributed by atoms with Gasteiger partial charge in [-0.2, -0.15) is 0 Å². The molecule has 0 bridgehead atoms. The number of urea groups is 2. The molecule has 11 heteroatoms. The summed E-state index contributed by atoms with van der Waals surface area (Å²) in [5.41, 5.74) is 1.60. The Morgan fingerprint density at radius 1 is 1.02 bits per heavy atom. The maximum atomic E-state index is 13.6. The van der Waals surface area contributed by atoms with Gasteiger partial charge in [-0.15, -0.1) is 0 Å². The largest absolute Gasteiger partial charge is 0.487 e. The van der Waals surface area contributed by atoms with E-state index in [2.05, 4.69) is 16.0 Å². The van der Waals surface area contributed by atoms with Crippen LogP contribution in [0.5, 0.6) is 5.75 Å². The smallest absolute Gasteiger partial charge is 0.323 e. The Morgan fingerprint density at radius 3 is 2.34 bits per heavy atom. The SMILES string of the molecule is C[C@@H]1CN([C@H](C)CO)C(=O)c2cc(NC(=O)Nc3ccc(F)cc3)ccc2O[C@H]1CN(C)C(=O)Nc1ccccc1. The molecule has 0 unspecified atom stereocenters. The Hall–Kier alpha value is -4.64. The summed E-state index contributed by atoms with van der Waals surface area (Å²) in [6.45, 7) is 3.95. The lowest BCUT2D eigenvalue weighted by atomic mass is 9.99. The number of fused-ring (bicyclic) bond motifs is 1. The minimum atomic E-state index is -0.575. The summed E-state index contributed by atoms with van der Waals surface area (Å²) in [5, 5.41) is 18.0. The second-order valence-corrected chi connectivity index (χ2v) is 10.1. The number of hydrogen-bond acceptors (Lipinski definition) is 5. The van der Waals surface area contributed by atoms with Crippen LogP contribution in [0.4, 0.5) is 31.0 Å². The first kappa shape index (κ1) is 29.3. The van der Waals surface area contributed by atoms with Crippen LogP contribution in [0.15, 0.2) is 72.8 Å². The maximum Gasteiger partial charge on any atom is 0.323 e. The van der Waals surface area contributed by atoms with E-state index in [0.29, 0.717) is 22.8 Å². The zero-order chi connectivity index (χ0) is 29.5. The molecule has 1 aliphatic rings. The highest BCUT2D eigenvalue weighted by Gasteiger charge is 2.34. The highest BCUT2D eigenvalue weighted by Crippen LogP contribution is 2.31. The van der Waals surface area contributed by atoms with Crippen molar-refractivity contribution in [2.75, 3.05) is 42.7 Å². The normalized spacial score (nSPS) is 17.3. The number of nitrogens with zero attached hydrogens (tertiary/aromatic N) is 2. The highest BCUT2D eigenvalue weighted by atomic mass is 19.1. The van der Waals surface area contributed by atoms with Crippen molar-refractivity contribution in [3.8, 4) is 5.75 Å². The summed E-state index contributed by atoms with van der Waals surface area (Å²) >= 11 is 0. The summed E-state index contributed by atoms with van der Waals surface area (Å²) in [5.74, 6) is -0.673. The molecular weight excluding hydrogens is 529 g/mol. The van der Waals surface area contributed by atoms with Crippen LogP contribution in [0, 0.1) is 11.7 Å². The van der Waals surface area contributed by atoms with Crippen molar-refractivity contribution in [2.45, 2.75) is 26.0 Å². The molecule has 3 atom stereocenters. The van der Waals surface area contributed by atoms with E-state index in [4.69, 9.17) is 4.74 Å². The van der Waals surface area contributed by atoms with Crippen LogP contribution in [0.1, 0.15) is 24.2 Å². The second-order valence-electron chi connectivity index (χ2n) is 10.1. The van der Waals surface area contributed by atoms with Gasteiger partial charge in [-0.25, -0.2) is 14.0 Å². The molecule has 3 aromatic carbocycles. The van der Waals surface area contributed by atoms with Gasteiger partial charge in [-0.1, -0.05) is 25.1 Å². The molecule has 0 aromatic heterocycles. The fourth-order valence-electron chi connectivity index (χ4n) is 4.44. The van der Waals surface area contributed by atoms with Crippen LogP contribution in [-0.4, -0.2) is 71.8 Å². The van der Waals surface area contributed by atoms with Crippen LogP contribution in [0.25, 0.3) is 0 Å². The van der Waals surface area contributed by atoms with Gasteiger partial charge in [0.2, 0.25) is 0 Å². The number of aliphatic hydroxyl groups is 1. The molecule has 0 radical (unpaired) electrons. The van der Waals surface area contributed by atoms with Crippen LogP contribution in [-0.2, 0) is 0 Å². The third-order valence-corrected chi connectivity index (χ3v) is 6.85. The number of hydrogen-bond donors (Lipinski definition) is 4. The molecular formula is C30H34FN5O5. The van der Waals surface area contributed by atoms with Crippen LogP contribution in [0.3, 0.4) is 0 Å². The molecule has 5 amide bonds. The van der Waals surface area contributed by atoms with Gasteiger partial charge in [0, 0.05) is 36.6 Å². The molecule has 1 aliphatic heterocycles. The molecule has 0 spiro atoms. The van der Waals surface area contributed by atoms with E-state index in [-0.39, 0.29) is 43.1 Å². The van der Waals surface area contributed by atoms with Crippen molar-refractivity contribution in [3.63, 3.8) is 0 Å². The van der Waals surface area contributed by atoms with E-state index in [1.54, 1.807) is 43.1 Å². The number of halogens is 1. The third kappa shape index (κ3) is 7.52. The van der Waals surface area contributed by atoms with Gasteiger partial charge in [0.15, 0.2) is 0 Å². The van der Waals surface area contributed by atoms with Crippen molar-refractivity contribution in [2.24, 2.45) is 5.92 Å². The molecule has 10 nitrogen and oxygen atoms in total. The average Bonchev–Trinajstić information content (AvgIpc) is 2.96. The van der Waals surface area contributed by atoms with Crippen molar-refractivity contribution < 1.29 is 28.6 Å². The summed E-state index contributed by atoms with van der Waals surface area (Å²) in [7, 11) is 1.67.